The van der Waals surface area contributed by atoms with Gasteiger partial charge < -0.3 is 9.97 Å². The number of rotatable bonds is 5. The van der Waals surface area contributed by atoms with Crippen LogP contribution in [0.5, 0.6) is 0 Å². The van der Waals surface area contributed by atoms with Crippen LogP contribution in [0.1, 0.15) is 22.8 Å². The molecule has 3 aromatic heterocycles. The van der Waals surface area contributed by atoms with Crippen molar-refractivity contribution in [1.82, 2.24) is 19.9 Å². The Morgan fingerprint density at radius 1 is 0.455 bits per heavy atom. The van der Waals surface area contributed by atoms with E-state index in [0.717, 1.165) is 55.4 Å². The average molecular weight is 798 g/mol. The molecule has 7 aromatic rings. The van der Waals surface area contributed by atoms with E-state index in [4.69, 9.17) is 56.4 Å². The Hall–Kier alpha value is -5.96. The molecular formula is C44H25Cl4N5O2. The molecule has 9 rings (SSSR count). The van der Waals surface area contributed by atoms with E-state index in [0.29, 0.717) is 49.0 Å². The number of nitro benzene ring substituents is 1. The summed E-state index contributed by atoms with van der Waals surface area (Å²) in [5.74, 6) is 0. The number of nitrogens with one attached hydrogen (secondary N) is 2. The summed E-state index contributed by atoms with van der Waals surface area (Å²) >= 11 is 26.2. The van der Waals surface area contributed by atoms with Crippen molar-refractivity contribution in [3.8, 4) is 44.5 Å². The molecule has 2 N–H and O–H groups in total. The first-order valence-electron chi connectivity index (χ1n) is 17.1. The van der Waals surface area contributed by atoms with E-state index in [1.54, 1.807) is 12.1 Å². The maximum atomic E-state index is 11.7. The first-order chi connectivity index (χ1) is 26.7. The lowest BCUT2D eigenvalue weighted by Crippen LogP contribution is -1.93. The molecule has 0 radical (unpaired) electrons. The number of aromatic amines is 2. The number of nitro groups is 1. The Bertz CT molecular complexity index is 2840. The van der Waals surface area contributed by atoms with Gasteiger partial charge in [0, 0.05) is 65.5 Å². The summed E-state index contributed by atoms with van der Waals surface area (Å²) in [6.07, 6.45) is 7.73. The van der Waals surface area contributed by atoms with E-state index in [1.165, 1.54) is 6.07 Å². The van der Waals surface area contributed by atoms with Crippen LogP contribution >= 0.6 is 46.4 Å². The second-order valence-electron chi connectivity index (χ2n) is 13.0. The molecule has 2 aliphatic rings. The maximum Gasteiger partial charge on any atom is 0.287 e. The Balaban J connectivity index is 1.48. The van der Waals surface area contributed by atoms with Crippen LogP contribution in [-0.2, 0) is 0 Å². The van der Waals surface area contributed by atoms with Crippen molar-refractivity contribution in [2.24, 2.45) is 0 Å². The summed E-state index contributed by atoms with van der Waals surface area (Å²) < 4.78 is 0. The van der Waals surface area contributed by atoms with Gasteiger partial charge in [-0.2, -0.15) is 0 Å². The fourth-order valence-corrected chi connectivity index (χ4v) is 7.98. The highest BCUT2D eigenvalue weighted by Gasteiger charge is 2.22. The minimum Gasteiger partial charge on any atom is -0.354 e. The quantitative estimate of drug-likeness (QED) is 0.134. The van der Waals surface area contributed by atoms with Gasteiger partial charge in [-0.15, -0.1) is 0 Å². The highest BCUT2D eigenvalue weighted by molar-refractivity contribution is 6.33. The maximum absolute atomic E-state index is 11.7. The number of aromatic nitrogens is 4. The van der Waals surface area contributed by atoms with Crippen LogP contribution in [0.4, 0.5) is 5.69 Å². The highest BCUT2D eigenvalue weighted by Crippen LogP contribution is 2.40. The Morgan fingerprint density at radius 2 is 0.836 bits per heavy atom. The van der Waals surface area contributed by atoms with Crippen LogP contribution < -0.4 is 0 Å². The molecule has 11 heteroatoms. The van der Waals surface area contributed by atoms with Gasteiger partial charge in [0.2, 0.25) is 0 Å². The minimum absolute atomic E-state index is 0.00245. The lowest BCUT2D eigenvalue weighted by molar-refractivity contribution is -0.384. The first kappa shape index (κ1) is 34.8. The van der Waals surface area contributed by atoms with Gasteiger partial charge in [-0.1, -0.05) is 82.8 Å². The van der Waals surface area contributed by atoms with E-state index < -0.39 is 4.92 Å². The van der Waals surface area contributed by atoms with E-state index in [9.17, 15) is 10.1 Å². The molecule has 0 fully saturated rings. The summed E-state index contributed by atoms with van der Waals surface area (Å²) in [6.45, 7) is 0. The summed E-state index contributed by atoms with van der Waals surface area (Å²) in [7, 11) is 0. The largest absolute Gasteiger partial charge is 0.354 e. The first-order valence-corrected chi connectivity index (χ1v) is 18.6. The van der Waals surface area contributed by atoms with Crippen molar-refractivity contribution in [3.63, 3.8) is 0 Å². The van der Waals surface area contributed by atoms with Gasteiger partial charge in [0.05, 0.1) is 27.7 Å². The fourth-order valence-electron chi connectivity index (χ4n) is 7.16. The third kappa shape index (κ3) is 6.51. The Morgan fingerprint density at radius 3 is 1.24 bits per heavy atom. The van der Waals surface area contributed by atoms with E-state index in [2.05, 4.69) is 9.97 Å². The molecule has 8 bridgehead atoms. The number of fused-ring (bicyclic) bond motifs is 8. The fraction of sp³-hybridized carbons (Fsp3) is 0. The molecule has 0 aliphatic carbocycles. The molecule has 2 aliphatic heterocycles. The zero-order chi connectivity index (χ0) is 37.8. The van der Waals surface area contributed by atoms with Crippen LogP contribution in [0.2, 0.25) is 20.1 Å². The standard InChI is InChI=1S/C44H25Cl4N5O2/c45-28-7-1-4-24(20-28)41-32-11-13-34(49-32)42(25-5-2-8-29(46)21-25)36-15-17-38(51-36)44(27-10-19-40(53(54)55)31(48)23-27)39-18-16-37(52-39)43(35-14-12-33(41)50-35)26-6-3-9-30(47)22-26/h1-23,49-50H. The summed E-state index contributed by atoms with van der Waals surface area (Å²) in [4.78, 5) is 29.1. The van der Waals surface area contributed by atoms with Crippen LogP contribution in [0.3, 0.4) is 0 Å². The number of H-pyrrole nitrogens is 2. The predicted octanol–water partition coefficient (Wildman–Crippen LogP) is 13.8. The van der Waals surface area contributed by atoms with Gasteiger partial charge in [0.15, 0.2) is 0 Å². The molecule has 0 atom stereocenters. The van der Waals surface area contributed by atoms with Crippen molar-refractivity contribution < 1.29 is 4.92 Å². The van der Waals surface area contributed by atoms with Crippen molar-refractivity contribution >= 4 is 98.5 Å². The third-order valence-corrected chi connectivity index (χ3v) is 10.5. The monoisotopic (exact) mass is 795 g/mol. The van der Waals surface area contributed by atoms with Crippen molar-refractivity contribution in [1.29, 1.82) is 0 Å². The van der Waals surface area contributed by atoms with Gasteiger partial charge in [0.25, 0.3) is 5.69 Å². The summed E-state index contributed by atoms with van der Waals surface area (Å²) in [6, 6.07) is 35.8. The normalized spacial score (nSPS) is 12.0. The molecule has 7 nitrogen and oxygen atoms in total. The SMILES string of the molecule is O=[N+]([O-])c1ccc(-c2c3nc(c(-c4cccc(Cl)c4)c4ccc([nH]4)c(-c4cccc(Cl)c4)c4ccc([nH]4)c(-c4cccc(Cl)c4)c4nc2C=C4)C=C3)cc1Cl. The average Bonchev–Trinajstić information content (AvgIpc) is 3.99. The van der Waals surface area contributed by atoms with Gasteiger partial charge >= 0.3 is 0 Å². The van der Waals surface area contributed by atoms with Gasteiger partial charge in [-0.3, -0.25) is 10.1 Å². The number of halogens is 4. The molecule has 5 heterocycles. The lowest BCUT2D eigenvalue weighted by Gasteiger charge is -2.08. The molecule has 0 saturated carbocycles. The summed E-state index contributed by atoms with van der Waals surface area (Å²) in [5.41, 5.74) is 12.1. The van der Waals surface area contributed by atoms with Crippen LogP contribution in [0.25, 0.3) is 90.9 Å². The topological polar surface area (TPSA) is 100 Å². The number of benzene rings is 4. The number of nitrogens with zero attached hydrogens (tertiary/aromatic N) is 3. The van der Waals surface area contributed by atoms with E-state index in [1.807, 2.05) is 121 Å². The zero-order valence-electron chi connectivity index (χ0n) is 28.4. The minimum atomic E-state index is -0.503. The summed E-state index contributed by atoms with van der Waals surface area (Å²) in [5, 5.41) is 13.5. The van der Waals surface area contributed by atoms with Gasteiger partial charge in [-0.25, -0.2) is 9.97 Å². The molecule has 0 unspecified atom stereocenters. The van der Waals surface area contributed by atoms with Crippen molar-refractivity contribution in [3.05, 3.63) is 168 Å². The molecule has 4 aromatic carbocycles. The molecule has 0 amide bonds. The number of hydrogen-bond donors (Lipinski definition) is 2. The predicted molar refractivity (Wildman–Crippen MR) is 227 cm³/mol. The third-order valence-electron chi connectivity index (χ3n) is 9.53. The van der Waals surface area contributed by atoms with E-state index in [-0.39, 0.29) is 10.7 Å². The molecule has 266 valence electrons. The van der Waals surface area contributed by atoms with Gasteiger partial charge in [0.1, 0.15) is 5.02 Å². The van der Waals surface area contributed by atoms with Crippen molar-refractivity contribution in [2.45, 2.75) is 0 Å². The molecule has 0 spiro atoms. The second kappa shape index (κ2) is 14.0. The molecule has 0 saturated heterocycles. The van der Waals surface area contributed by atoms with Crippen molar-refractivity contribution in [2.75, 3.05) is 0 Å². The van der Waals surface area contributed by atoms with Crippen LogP contribution in [0.15, 0.2) is 115 Å². The molecular weight excluding hydrogens is 772 g/mol. The smallest absolute Gasteiger partial charge is 0.287 e. The number of hydrogen-bond acceptors (Lipinski definition) is 4. The highest BCUT2D eigenvalue weighted by atomic mass is 35.5. The zero-order valence-corrected chi connectivity index (χ0v) is 31.5. The Labute approximate surface area is 334 Å². The second-order valence-corrected chi connectivity index (χ2v) is 14.7. The van der Waals surface area contributed by atoms with Crippen LogP contribution in [0, 0.1) is 10.1 Å². The molecule has 55 heavy (non-hydrogen) atoms. The van der Waals surface area contributed by atoms with Gasteiger partial charge in [-0.05, 0) is 119 Å². The van der Waals surface area contributed by atoms with Crippen LogP contribution in [-0.4, -0.2) is 24.9 Å². The van der Waals surface area contributed by atoms with E-state index >= 15 is 0 Å². The Kier molecular flexibility index (Phi) is 8.87. The lowest BCUT2D eigenvalue weighted by atomic mass is 10.0.